The van der Waals surface area contributed by atoms with Crippen LogP contribution in [0.3, 0.4) is 0 Å². The zero-order valence-corrected chi connectivity index (χ0v) is 41.3. The molecule has 370 valence electrons. The number of ether oxygens (including phenoxy) is 1. The third-order valence-corrected chi connectivity index (χ3v) is 15.5. The summed E-state index contributed by atoms with van der Waals surface area (Å²) in [6, 6.07) is 13.0. The molecule has 16 nitrogen and oxygen atoms in total. The number of nitrogens with one attached hydrogen (secondary N) is 5. The van der Waals surface area contributed by atoms with E-state index in [0.717, 1.165) is 49.9 Å². The zero-order valence-electron chi connectivity index (χ0n) is 40.5. The standard InChI is InChI=1S/C50H63F2N9O7S/c1-9-50(8,58-38-12-10-11-35-42(38)46(65)61(45(35)64)40-17-18-41(62)56-44(40)63)22-26-68-49(6,7)21-25-60-23-19-31(20-24-60)34-15-13-32(27-37(34)52)55-47-53-29-30(2)43(57-47)54-33-14-16-36(51)39(28-33)59-69(66,67)48(3,4)5/h10-16,27-29,31,40,58-59H,9,17-26H2,1-8H3,(H,56,62,63)(H2,53,54,55,57). The lowest BCUT2D eigenvalue weighted by atomic mass is 9.88. The van der Waals surface area contributed by atoms with Crippen LogP contribution >= 0.6 is 0 Å². The van der Waals surface area contributed by atoms with Gasteiger partial charge in [-0.2, -0.15) is 4.98 Å². The monoisotopic (exact) mass is 971 g/mol. The van der Waals surface area contributed by atoms with Crippen LogP contribution in [0.1, 0.15) is 131 Å². The molecular formula is C50H63F2N9O7S. The Morgan fingerprint density at radius 3 is 2.25 bits per heavy atom. The van der Waals surface area contributed by atoms with Gasteiger partial charge < -0.3 is 25.6 Å². The van der Waals surface area contributed by atoms with E-state index >= 15 is 4.39 Å². The number of likely N-dealkylation sites (tertiary alicyclic amines) is 1. The minimum Gasteiger partial charge on any atom is -0.379 e. The molecule has 5 N–H and O–H groups in total. The number of carbonyl (C=O) groups excluding carboxylic acids is 4. The molecule has 2 unspecified atom stereocenters. The quantitative estimate of drug-likeness (QED) is 0.0594. The van der Waals surface area contributed by atoms with Crippen molar-refractivity contribution in [2.24, 2.45) is 0 Å². The molecule has 69 heavy (non-hydrogen) atoms. The van der Waals surface area contributed by atoms with Gasteiger partial charge in [0.05, 0.1) is 27.2 Å². The summed E-state index contributed by atoms with van der Waals surface area (Å²) < 4.78 is 63.4. The maximum atomic E-state index is 15.7. The SMILES string of the molecule is CCC(C)(CCOC(C)(C)CCN1CCC(c2ccc(Nc3ncc(C)c(Nc4ccc(F)c(NS(=O)(=O)C(C)(C)C)c4)n3)cc2F)CC1)Nc1cccc2c1C(=O)N(C1CCC(=O)NC1=O)C2=O. The van der Waals surface area contributed by atoms with Gasteiger partial charge >= 0.3 is 0 Å². The van der Waals surface area contributed by atoms with E-state index in [2.05, 4.69) is 54.7 Å². The van der Waals surface area contributed by atoms with Crippen LogP contribution in [0.25, 0.3) is 0 Å². The third-order valence-electron chi connectivity index (χ3n) is 13.4. The number of anilines is 6. The maximum Gasteiger partial charge on any atom is 0.264 e. The van der Waals surface area contributed by atoms with Crippen molar-refractivity contribution in [3.05, 3.63) is 94.7 Å². The predicted octanol–water partition coefficient (Wildman–Crippen LogP) is 8.53. The molecule has 19 heteroatoms. The maximum absolute atomic E-state index is 15.7. The Labute approximate surface area is 402 Å². The normalized spacial score (nSPS) is 18.2. The Morgan fingerprint density at radius 1 is 0.855 bits per heavy atom. The van der Waals surface area contributed by atoms with Crippen LogP contribution in [0.5, 0.6) is 0 Å². The van der Waals surface area contributed by atoms with Crippen molar-refractivity contribution in [3.8, 4) is 0 Å². The van der Waals surface area contributed by atoms with E-state index in [1.54, 1.807) is 43.5 Å². The zero-order chi connectivity index (χ0) is 50.1. The summed E-state index contributed by atoms with van der Waals surface area (Å²) in [6.45, 7) is 17.5. The molecule has 2 atom stereocenters. The second-order valence-corrected chi connectivity index (χ2v) is 22.5. The Balaban J connectivity index is 0.877. The molecule has 4 heterocycles. The minimum absolute atomic E-state index is 0.0486. The van der Waals surface area contributed by atoms with E-state index < -0.39 is 61.4 Å². The molecule has 2 saturated heterocycles. The number of amides is 4. The molecule has 2 fully saturated rings. The average Bonchev–Trinajstić information content (AvgIpc) is 3.54. The van der Waals surface area contributed by atoms with E-state index in [-0.39, 0.29) is 47.3 Å². The second-order valence-electron chi connectivity index (χ2n) is 20.1. The molecule has 0 radical (unpaired) electrons. The number of aromatic nitrogens is 2. The number of hydrogen-bond donors (Lipinski definition) is 5. The number of carbonyl (C=O) groups is 4. The minimum atomic E-state index is -3.87. The van der Waals surface area contributed by atoms with Gasteiger partial charge in [0.1, 0.15) is 23.5 Å². The van der Waals surface area contributed by atoms with Crippen LogP contribution in [-0.4, -0.2) is 100.0 Å². The van der Waals surface area contributed by atoms with Crippen LogP contribution in [-0.2, 0) is 24.3 Å². The first-order valence-electron chi connectivity index (χ1n) is 23.4. The lowest BCUT2D eigenvalue weighted by Gasteiger charge is -2.36. The van der Waals surface area contributed by atoms with E-state index in [1.807, 2.05) is 13.8 Å². The largest absolute Gasteiger partial charge is 0.379 e. The number of sulfonamides is 1. The van der Waals surface area contributed by atoms with Crippen LogP contribution < -0.4 is 26.0 Å². The molecular weight excluding hydrogens is 909 g/mol. The Bertz CT molecular complexity index is 2740. The smallest absolute Gasteiger partial charge is 0.264 e. The van der Waals surface area contributed by atoms with Gasteiger partial charge in [0.25, 0.3) is 11.8 Å². The highest BCUT2D eigenvalue weighted by Gasteiger charge is 2.46. The number of nitrogens with zero attached hydrogens (tertiary/aromatic N) is 4. The van der Waals surface area contributed by atoms with Crippen molar-refractivity contribution in [2.75, 3.05) is 46.9 Å². The highest BCUT2D eigenvalue weighted by Crippen LogP contribution is 2.36. The Morgan fingerprint density at radius 2 is 1.57 bits per heavy atom. The molecule has 3 aliphatic heterocycles. The topological polar surface area (TPSA) is 204 Å². The third kappa shape index (κ3) is 11.7. The van der Waals surface area contributed by atoms with Gasteiger partial charge in [-0.05, 0) is 154 Å². The van der Waals surface area contributed by atoms with E-state index in [0.29, 0.717) is 53.5 Å². The van der Waals surface area contributed by atoms with Gasteiger partial charge in [-0.25, -0.2) is 22.2 Å². The molecule has 0 spiro atoms. The fraction of sp³-hybridized carbons (Fsp3) is 0.480. The van der Waals surface area contributed by atoms with E-state index in [9.17, 15) is 32.0 Å². The van der Waals surface area contributed by atoms with Crippen molar-refractivity contribution in [3.63, 3.8) is 0 Å². The summed E-state index contributed by atoms with van der Waals surface area (Å²) in [6.07, 6.45) is 5.42. The van der Waals surface area contributed by atoms with E-state index in [1.165, 1.54) is 39.0 Å². The van der Waals surface area contributed by atoms with Crippen molar-refractivity contribution in [1.29, 1.82) is 0 Å². The first-order chi connectivity index (χ1) is 32.5. The summed E-state index contributed by atoms with van der Waals surface area (Å²) in [5.41, 5.74) is 2.02. The van der Waals surface area contributed by atoms with Gasteiger partial charge in [0, 0.05) is 53.9 Å². The Hall–Kier alpha value is -6.05. The average molecular weight is 972 g/mol. The van der Waals surface area contributed by atoms with Crippen molar-refractivity contribution < 1.29 is 41.1 Å². The number of halogens is 2. The molecule has 0 bridgehead atoms. The molecule has 4 amide bonds. The van der Waals surface area contributed by atoms with Gasteiger partial charge in [-0.3, -0.25) is 34.1 Å². The number of fused-ring (bicyclic) bond motifs is 1. The summed E-state index contributed by atoms with van der Waals surface area (Å²) >= 11 is 0. The second kappa shape index (κ2) is 20.1. The summed E-state index contributed by atoms with van der Waals surface area (Å²) in [4.78, 5) is 63.7. The number of aryl methyl sites for hydroxylation is 1. The Kier molecular flexibility index (Phi) is 14.8. The van der Waals surface area contributed by atoms with Gasteiger partial charge in [-0.1, -0.05) is 19.1 Å². The predicted molar refractivity (Wildman–Crippen MR) is 262 cm³/mol. The molecule has 1 aromatic heterocycles. The van der Waals surface area contributed by atoms with Crippen LogP contribution in [0.2, 0.25) is 0 Å². The van der Waals surface area contributed by atoms with Crippen LogP contribution in [0, 0.1) is 18.6 Å². The fourth-order valence-corrected chi connectivity index (χ4v) is 9.35. The number of hydrogen-bond acceptors (Lipinski definition) is 13. The molecule has 0 saturated carbocycles. The van der Waals surface area contributed by atoms with Crippen LogP contribution in [0.15, 0.2) is 60.8 Å². The summed E-state index contributed by atoms with van der Waals surface area (Å²) in [7, 11) is -3.87. The molecule has 3 aromatic carbocycles. The highest BCUT2D eigenvalue weighted by atomic mass is 32.2. The van der Waals surface area contributed by atoms with Crippen LogP contribution in [0.4, 0.5) is 43.3 Å². The summed E-state index contributed by atoms with van der Waals surface area (Å²) in [5, 5.41) is 11.9. The molecule has 0 aliphatic carbocycles. The highest BCUT2D eigenvalue weighted by molar-refractivity contribution is 7.94. The first-order valence-corrected chi connectivity index (χ1v) is 24.9. The summed E-state index contributed by atoms with van der Waals surface area (Å²) in [5.74, 6) is -2.58. The van der Waals surface area contributed by atoms with Gasteiger partial charge in [0.2, 0.25) is 27.8 Å². The van der Waals surface area contributed by atoms with Gasteiger partial charge in [0.15, 0.2) is 0 Å². The first kappa shape index (κ1) is 50.8. The van der Waals surface area contributed by atoms with E-state index in [4.69, 9.17) is 4.74 Å². The molecule has 7 rings (SSSR count). The van der Waals surface area contributed by atoms with Crippen molar-refractivity contribution in [2.45, 2.75) is 128 Å². The number of rotatable bonds is 18. The number of benzene rings is 3. The van der Waals surface area contributed by atoms with Gasteiger partial charge in [-0.15, -0.1) is 0 Å². The lowest BCUT2D eigenvalue weighted by Crippen LogP contribution is -2.54. The van der Waals surface area contributed by atoms with Crippen molar-refractivity contribution >= 4 is 68.2 Å². The molecule has 4 aromatic rings. The van der Waals surface area contributed by atoms with Crippen molar-refractivity contribution in [1.82, 2.24) is 25.1 Å². The molecule has 3 aliphatic rings. The number of imide groups is 2. The lowest BCUT2D eigenvalue weighted by molar-refractivity contribution is -0.136. The fourth-order valence-electron chi connectivity index (χ4n) is 8.60. The number of piperidine rings is 2.